The summed E-state index contributed by atoms with van der Waals surface area (Å²) < 4.78 is 0. The first-order valence-electron chi connectivity index (χ1n) is 8.70. The number of nitrogens with zero attached hydrogens (tertiary/aromatic N) is 3. The molecule has 29 heavy (non-hydrogen) atoms. The van der Waals surface area contributed by atoms with E-state index in [0.717, 1.165) is 24.2 Å². The number of carbonyl (C=O) groups excluding carboxylic acids is 2. The van der Waals surface area contributed by atoms with Crippen LogP contribution in [0.25, 0.3) is 0 Å². The average Bonchev–Trinajstić information content (AvgIpc) is 3.43. The highest BCUT2D eigenvalue weighted by Crippen LogP contribution is 2.40. The van der Waals surface area contributed by atoms with Crippen LogP contribution in [0.3, 0.4) is 0 Å². The number of fused-ring (bicyclic) bond motifs is 1. The Bertz CT molecular complexity index is 967. The maximum atomic E-state index is 12.8. The molecule has 1 aromatic heterocycles. The summed E-state index contributed by atoms with van der Waals surface area (Å²) >= 11 is 2.51. The van der Waals surface area contributed by atoms with Gasteiger partial charge in [0.2, 0.25) is 0 Å². The van der Waals surface area contributed by atoms with E-state index in [4.69, 9.17) is 10.6 Å². The molecule has 3 heterocycles. The summed E-state index contributed by atoms with van der Waals surface area (Å²) in [5.74, 6) is -1.97. The fourth-order valence-electron chi connectivity index (χ4n) is 2.91. The van der Waals surface area contributed by atoms with E-state index < -0.39 is 29.2 Å². The van der Waals surface area contributed by atoms with Gasteiger partial charge in [0, 0.05) is 11.1 Å². The number of carboxylic acids is 1. The summed E-state index contributed by atoms with van der Waals surface area (Å²) in [4.78, 5) is 47.6. The highest BCUT2D eigenvalue weighted by atomic mass is 32.2. The van der Waals surface area contributed by atoms with Crippen LogP contribution in [0.15, 0.2) is 34.5 Å². The SMILES string of the molecule is C=CC1=C(C(=O)O)N2C(=O)[C@@H](NC(=O)C(=NOC3CC3)c3csc(N)n3)[C@@H]2SC1. The summed E-state index contributed by atoms with van der Waals surface area (Å²) in [6.45, 7) is 3.60. The van der Waals surface area contributed by atoms with Gasteiger partial charge in [-0.2, -0.15) is 0 Å². The van der Waals surface area contributed by atoms with Crippen LogP contribution in [0.5, 0.6) is 0 Å². The third-order valence-corrected chi connectivity index (χ3v) is 6.51. The minimum absolute atomic E-state index is 0.0240. The minimum atomic E-state index is -1.21. The standard InChI is InChI=1S/C17H17N5O5S2/c1-2-7-5-28-15-11(14(24)22(15)12(7)16(25)26)20-13(23)10(21-27-8-3-4-8)9-6-29-17(18)19-9/h2,6,8,11,15H,1,3-5H2,(H2,18,19)(H,20,23)(H,25,26)/t11-,15+/m1/s1. The van der Waals surface area contributed by atoms with Gasteiger partial charge in [0.1, 0.15) is 28.9 Å². The number of rotatable bonds is 7. The monoisotopic (exact) mass is 435 g/mol. The van der Waals surface area contributed by atoms with Crippen molar-refractivity contribution in [2.75, 3.05) is 11.5 Å². The van der Waals surface area contributed by atoms with Gasteiger partial charge in [-0.05, 0) is 18.4 Å². The molecule has 3 aliphatic rings. The molecule has 2 atom stereocenters. The molecule has 4 N–H and O–H groups in total. The first-order chi connectivity index (χ1) is 13.9. The molecule has 12 heteroatoms. The van der Waals surface area contributed by atoms with Gasteiger partial charge in [-0.1, -0.05) is 17.8 Å². The summed E-state index contributed by atoms with van der Waals surface area (Å²) in [5.41, 5.74) is 6.20. The lowest BCUT2D eigenvalue weighted by Crippen LogP contribution is -2.71. The number of carboxylic acid groups (broad SMARTS) is 1. The molecule has 0 aromatic carbocycles. The minimum Gasteiger partial charge on any atom is -0.477 e. The number of thioether (sulfide) groups is 1. The van der Waals surface area contributed by atoms with Crippen LogP contribution in [0, 0.1) is 0 Å². The average molecular weight is 435 g/mol. The number of carbonyl (C=O) groups is 3. The van der Waals surface area contributed by atoms with E-state index in [2.05, 4.69) is 22.0 Å². The zero-order chi connectivity index (χ0) is 20.7. The van der Waals surface area contributed by atoms with Crippen LogP contribution in [-0.4, -0.2) is 61.8 Å². The fraction of sp³-hybridized carbons (Fsp3) is 0.353. The highest BCUT2D eigenvalue weighted by molar-refractivity contribution is 8.00. The molecule has 0 spiro atoms. The Kier molecular flexibility index (Phi) is 5.04. The van der Waals surface area contributed by atoms with Crippen LogP contribution >= 0.6 is 23.1 Å². The molecule has 1 aromatic rings. The summed E-state index contributed by atoms with van der Waals surface area (Å²) in [5, 5.41) is 17.3. The van der Waals surface area contributed by atoms with Crippen molar-refractivity contribution in [3.05, 3.63) is 35.0 Å². The van der Waals surface area contributed by atoms with Gasteiger partial charge < -0.3 is 21.0 Å². The molecule has 10 nitrogen and oxygen atoms in total. The van der Waals surface area contributed by atoms with Crippen molar-refractivity contribution in [2.45, 2.75) is 30.4 Å². The van der Waals surface area contributed by atoms with Crippen molar-refractivity contribution in [2.24, 2.45) is 5.16 Å². The van der Waals surface area contributed by atoms with Crippen LogP contribution in [0.2, 0.25) is 0 Å². The van der Waals surface area contributed by atoms with E-state index in [9.17, 15) is 19.5 Å². The van der Waals surface area contributed by atoms with Gasteiger partial charge in [0.05, 0.1) is 0 Å². The molecular weight excluding hydrogens is 418 g/mol. The lowest BCUT2D eigenvalue weighted by Gasteiger charge is -2.49. The Balaban J connectivity index is 1.53. The quantitative estimate of drug-likeness (QED) is 0.319. The number of anilines is 1. The number of allylic oxidation sites excluding steroid dienone is 1. The Morgan fingerprint density at radius 1 is 1.48 bits per heavy atom. The Labute approximate surface area is 173 Å². The van der Waals surface area contributed by atoms with Crippen molar-refractivity contribution in [1.29, 1.82) is 0 Å². The fourth-order valence-corrected chi connectivity index (χ4v) is 4.80. The number of aliphatic carboxylic acids is 1. The van der Waals surface area contributed by atoms with Gasteiger partial charge in [-0.15, -0.1) is 23.1 Å². The van der Waals surface area contributed by atoms with Gasteiger partial charge in [-0.25, -0.2) is 9.78 Å². The number of oxime groups is 1. The van der Waals surface area contributed by atoms with E-state index in [1.165, 1.54) is 22.7 Å². The molecule has 2 amide bonds. The van der Waals surface area contributed by atoms with Crippen LogP contribution in [0.1, 0.15) is 18.5 Å². The van der Waals surface area contributed by atoms with Gasteiger partial charge in [0.15, 0.2) is 10.8 Å². The smallest absolute Gasteiger partial charge is 0.352 e. The van der Waals surface area contributed by atoms with Crippen LogP contribution in [-0.2, 0) is 19.2 Å². The third-order valence-electron chi connectivity index (χ3n) is 4.53. The van der Waals surface area contributed by atoms with Gasteiger partial charge in [-0.3, -0.25) is 14.5 Å². The second kappa shape index (κ2) is 7.52. The molecule has 1 aliphatic carbocycles. The summed E-state index contributed by atoms with van der Waals surface area (Å²) in [6, 6.07) is -0.879. The molecule has 4 rings (SSSR count). The van der Waals surface area contributed by atoms with Gasteiger partial charge >= 0.3 is 5.97 Å². The van der Waals surface area contributed by atoms with E-state index in [1.807, 2.05) is 0 Å². The Hall–Kier alpha value is -2.86. The topological polar surface area (TPSA) is 147 Å². The van der Waals surface area contributed by atoms with E-state index in [-0.39, 0.29) is 28.3 Å². The highest BCUT2D eigenvalue weighted by Gasteiger charge is 2.54. The maximum absolute atomic E-state index is 12.8. The van der Waals surface area contributed by atoms with Crippen molar-refractivity contribution in [3.63, 3.8) is 0 Å². The lowest BCUT2D eigenvalue weighted by molar-refractivity contribution is -0.150. The molecule has 2 fully saturated rings. The third kappa shape index (κ3) is 3.60. The first-order valence-corrected chi connectivity index (χ1v) is 10.6. The van der Waals surface area contributed by atoms with Crippen LogP contribution < -0.4 is 11.1 Å². The Morgan fingerprint density at radius 2 is 2.24 bits per heavy atom. The lowest BCUT2D eigenvalue weighted by atomic mass is 10.0. The zero-order valence-electron chi connectivity index (χ0n) is 15.0. The number of amides is 2. The first kappa shape index (κ1) is 19.5. The number of hydrogen-bond acceptors (Lipinski definition) is 9. The number of aromatic nitrogens is 1. The predicted octanol–water partition coefficient (Wildman–Crippen LogP) is 0.533. The van der Waals surface area contributed by atoms with Crippen molar-refractivity contribution in [1.82, 2.24) is 15.2 Å². The second-order valence-corrected chi connectivity index (χ2v) is 8.55. The van der Waals surface area contributed by atoms with Gasteiger partial charge in [0.25, 0.3) is 11.8 Å². The molecule has 0 bridgehead atoms. The van der Waals surface area contributed by atoms with Crippen molar-refractivity contribution < 1.29 is 24.3 Å². The molecule has 0 radical (unpaired) electrons. The number of β-lactam (4-membered cyclic amide) rings is 1. The van der Waals surface area contributed by atoms with E-state index in [0.29, 0.717) is 11.3 Å². The molecule has 152 valence electrons. The number of nitrogens with one attached hydrogen (secondary N) is 1. The largest absolute Gasteiger partial charge is 0.477 e. The number of thiazole rings is 1. The Morgan fingerprint density at radius 3 is 2.83 bits per heavy atom. The predicted molar refractivity (Wildman–Crippen MR) is 107 cm³/mol. The molecule has 1 saturated carbocycles. The normalized spacial score (nSPS) is 23.9. The van der Waals surface area contributed by atoms with Crippen LogP contribution in [0.4, 0.5) is 5.13 Å². The van der Waals surface area contributed by atoms with E-state index >= 15 is 0 Å². The van der Waals surface area contributed by atoms with E-state index in [1.54, 1.807) is 5.38 Å². The summed E-state index contributed by atoms with van der Waals surface area (Å²) in [7, 11) is 0. The molecule has 1 saturated heterocycles. The second-order valence-electron chi connectivity index (χ2n) is 6.56. The number of nitrogens with two attached hydrogens (primary N) is 1. The zero-order valence-corrected chi connectivity index (χ0v) is 16.7. The number of nitrogen functional groups attached to an aromatic ring is 1. The molecule has 2 aliphatic heterocycles. The molecular formula is C17H17N5O5S2. The number of hydrogen-bond donors (Lipinski definition) is 3. The summed E-state index contributed by atoms with van der Waals surface area (Å²) in [6.07, 6.45) is 3.13. The maximum Gasteiger partial charge on any atom is 0.352 e. The molecule has 0 unspecified atom stereocenters. The van der Waals surface area contributed by atoms with Crippen molar-refractivity contribution >= 4 is 51.7 Å². The van der Waals surface area contributed by atoms with Crippen molar-refractivity contribution in [3.8, 4) is 0 Å².